The molecule has 19 heavy (non-hydrogen) atoms. The van der Waals surface area contributed by atoms with E-state index in [1.54, 1.807) is 0 Å². The molecule has 0 aliphatic heterocycles. The van der Waals surface area contributed by atoms with E-state index in [0.717, 1.165) is 13.1 Å². The largest absolute Gasteiger partial charge is 0.371 e. The van der Waals surface area contributed by atoms with Gasteiger partial charge in [-0.05, 0) is 19.4 Å². The van der Waals surface area contributed by atoms with Gasteiger partial charge in [0.05, 0.1) is 0 Å². The molecule has 0 spiro atoms. The van der Waals surface area contributed by atoms with Crippen LogP contribution in [0.25, 0.3) is 0 Å². The lowest BCUT2D eigenvalue weighted by Crippen LogP contribution is -2.17. The minimum Gasteiger partial charge on any atom is -0.371 e. The van der Waals surface area contributed by atoms with Crippen LogP contribution in [0.2, 0.25) is 0 Å². The van der Waals surface area contributed by atoms with E-state index < -0.39 is 0 Å². The summed E-state index contributed by atoms with van der Waals surface area (Å²) in [5.74, 6) is 0. The fourth-order valence-electron chi connectivity index (χ4n) is 2.23. The zero-order valence-corrected chi connectivity index (χ0v) is 14.0. The highest BCUT2D eigenvalue weighted by atomic mass is 32.1. The number of hydrogen-bond acceptors (Lipinski definition) is 2. The van der Waals surface area contributed by atoms with E-state index in [-0.39, 0.29) is 0 Å². The summed E-state index contributed by atoms with van der Waals surface area (Å²) in [5, 5.41) is 3.07. The summed E-state index contributed by atoms with van der Waals surface area (Å²) in [6.07, 6.45) is 16.2. The minimum atomic E-state index is 0.617. The molecule has 0 saturated heterocycles. The van der Waals surface area contributed by atoms with Gasteiger partial charge in [0, 0.05) is 6.54 Å². The summed E-state index contributed by atoms with van der Waals surface area (Å²) in [7, 11) is 0. The Kier molecular flexibility index (Phi) is 16.4. The topological polar surface area (TPSA) is 38.0 Å². The first-order valence-corrected chi connectivity index (χ1v) is 8.79. The zero-order valence-electron chi connectivity index (χ0n) is 12.3. The van der Waals surface area contributed by atoms with Crippen molar-refractivity contribution in [2.75, 3.05) is 13.1 Å². The van der Waals surface area contributed by atoms with E-state index in [1.807, 2.05) is 0 Å². The summed E-state index contributed by atoms with van der Waals surface area (Å²) < 4.78 is 0.617. The Bertz CT molecular complexity index is 199. The number of nitrogens with two attached hydrogens (primary N) is 1. The fraction of sp³-hybridized carbons (Fsp3) is 0.933. The molecule has 4 heteroatoms. The predicted molar refractivity (Wildman–Crippen MR) is 94.0 cm³/mol. The molecule has 0 aromatic heterocycles. The Morgan fingerprint density at radius 2 is 1.11 bits per heavy atom. The average Bonchev–Trinajstić information content (AvgIpc) is 2.39. The van der Waals surface area contributed by atoms with Gasteiger partial charge in [-0.25, -0.2) is 0 Å². The lowest BCUT2D eigenvalue weighted by molar-refractivity contribution is 0.541. The number of thiol groups is 1. The lowest BCUT2D eigenvalue weighted by Gasteiger charge is -2.04. The third-order valence-corrected chi connectivity index (χ3v) is 3.71. The Morgan fingerprint density at radius 3 is 1.47 bits per heavy atom. The molecule has 0 bridgehead atoms. The van der Waals surface area contributed by atoms with Crippen molar-refractivity contribution in [1.82, 2.24) is 5.32 Å². The molecule has 0 amide bonds. The van der Waals surface area contributed by atoms with Crippen molar-refractivity contribution in [2.45, 2.75) is 77.0 Å². The van der Waals surface area contributed by atoms with Crippen LogP contribution in [0, 0.1) is 0 Å². The molecule has 0 aromatic rings. The maximum absolute atomic E-state index is 5.47. The molecule has 0 fully saturated rings. The highest BCUT2D eigenvalue weighted by Crippen LogP contribution is 2.11. The second kappa shape index (κ2) is 16.3. The smallest absolute Gasteiger partial charge is 0.130 e. The van der Waals surface area contributed by atoms with Crippen LogP contribution in [0.1, 0.15) is 77.0 Å². The van der Waals surface area contributed by atoms with Crippen molar-refractivity contribution in [1.29, 1.82) is 0 Å². The average molecular weight is 305 g/mol. The molecular weight excluding hydrogens is 272 g/mol. The van der Waals surface area contributed by atoms with Crippen molar-refractivity contribution < 1.29 is 0 Å². The summed E-state index contributed by atoms with van der Waals surface area (Å²) in [4.78, 5) is 0. The van der Waals surface area contributed by atoms with E-state index in [1.165, 1.54) is 77.0 Å². The van der Waals surface area contributed by atoms with Crippen molar-refractivity contribution in [3.63, 3.8) is 0 Å². The van der Waals surface area contributed by atoms with Crippen molar-refractivity contribution in [2.24, 2.45) is 5.73 Å². The van der Waals surface area contributed by atoms with Gasteiger partial charge in [-0.1, -0.05) is 76.4 Å². The van der Waals surface area contributed by atoms with E-state index in [4.69, 9.17) is 18.0 Å². The molecule has 0 radical (unpaired) electrons. The molecule has 0 rings (SSSR count). The summed E-state index contributed by atoms with van der Waals surface area (Å²) in [5.41, 5.74) is 5.47. The second-order valence-corrected chi connectivity index (χ2v) is 6.42. The number of nitrogens with one attached hydrogen (secondary N) is 1. The molecule has 0 atom stereocenters. The van der Waals surface area contributed by atoms with Gasteiger partial charge in [0.15, 0.2) is 0 Å². The van der Waals surface area contributed by atoms with Crippen molar-refractivity contribution in [3.05, 3.63) is 0 Å². The maximum atomic E-state index is 5.47. The fourth-order valence-corrected chi connectivity index (χ4v) is 2.45. The van der Waals surface area contributed by atoms with Crippen LogP contribution < -0.4 is 11.1 Å². The monoisotopic (exact) mass is 304 g/mol. The Hall–Kier alpha value is 0.200. The minimum absolute atomic E-state index is 0.617. The third-order valence-electron chi connectivity index (χ3n) is 3.41. The molecule has 0 saturated carbocycles. The second-order valence-electron chi connectivity index (χ2n) is 5.26. The zero-order chi connectivity index (χ0) is 14.2. The molecule has 0 aliphatic carbocycles. The first-order valence-electron chi connectivity index (χ1n) is 7.94. The molecule has 2 nitrogen and oxygen atoms in total. The van der Waals surface area contributed by atoms with Crippen LogP contribution in [-0.2, 0) is 0 Å². The van der Waals surface area contributed by atoms with Crippen LogP contribution in [0.5, 0.6) is 0 Å². The van der Waals surface area contributed by atoms with Gasteiger partial charge in [-0.15, -0.1) is 12.6 Å². The summed E-state index contributed by atoms with van der Waals surface area (Å²) >= 11 is 8.87. The maximum Gasteiger partial charge on any atom is 0.130 e. The number of hydrogen-bond donors (Lipinski definition) is 3. The van der Waals surface area contributed by atoms with Crippen LogP contribution in [0.3, 0.4) is 0 Å². The van der Waals surface area contributed by atoms with Gasteiger partial charge >= 0.3 is 0 Å². The van der Waals surface area contributed by atoms with Crippen molar-refractivity contribution in [3.8, 4) is 0 Å². The van der Waals surface area contributed by atoms with E-state index in [0.29, 0.717) is 4.32 Å². The first-order chi connectivity index (χ1) is 9.27. The highest BCUT2D eigenvalue weighted by molar-refractivity contribution is 8.11. The SMILES string of the molecule is NCCCCCCCCCCCCCCNC(=S)S. The summed E-state index contributed by atoms with van der Waals surface area (Å²) in [6, 6.07) is 0. The lowest BCUT2D eigenvalue weighted by atomic mass is 10.1. The van der Waals surface area contributed by atoms with E-state index in [2.05, 4.69) is 17.9 Å². The van der Waals surface area contributed by atoms with Crippen LogP contribution in [0.15, 0.2) is 0 Å². The Labute approximate surface area is 130 Å². The molecule has 0 unspecified atom stereocenters. The van der Waals surface area contributed by atoms with E-state index in [9.17, 15) is 0 Å². The Morgan fingerprint density at radius 1 is 0.737 bits per heavy atom. The first kappa shape index (κ1) is 19.2. The molecule has 0 heterocycles. The quantitative estimate of drug-likeness (QED) is 0.252. The van der Waals surface area contributed by atoms with E-state index >= 15 is 0 Å². The van der Waals surface area contributed by atoms with Crippen LogP contribution in [-0.4, -0.2) is 17.4 Å². The van der Waals surface area contributed by atoms with Crippen LogP contribution in [0.4, 0.5) is 0 Å². The number of rotatable bonds is 14. The van der Waals surface area contributed by atoms with Gasteiger partial charge in [0.25, 0.3) is 0 Å². The number of unbranched alkanes of at least 4 members (excludes halogenated alkanes) is 11. The Balaban J connectivity index is 2.93. The molecular formula is C15H32N2S2. The molecule has 0 aromatic carbocycles. The van der Waals surface area contributed by atoms with Gasteiger partial charge in [-0.2, -0.15) is 0 Å². The summed E-state index contributed by atoms with van der Waals surface area (Å²) in [6.45, 7) is 1.83. The molecule has 114 valence electrons. The van der Waals surface area contributed by atoms with Crippen LogP contribution >= 0.6 is 24.8 Å². The van der Waals surface area contributed by atoms with Gasteiger partial charge in [-0.3, -0.25) is 0 Å². The highest BCUT2D eigenvalue weighted by Gasteiger charge is 1.94. The predicted octanol–water partition coefficient (Wildman–Crippen LogP) is 4.43. The van der Waals surface area contributed by atoms with Gasteiger partial charge < -0.3 is 11.1 Å². The van der Waals surface area contributed by atoms with Gasteiger partial charge in [0.2, 0.25) is 0 Å². The van der Waals surface area contributed by atoms with Gasteiger partial charge in [0.1, 0.15) is 4.32 Å². The molecule has 0 aliphatic rings. The van der Waals surface area contributed by atoms with Crippen molar-refractivity contribution >= 4 is 29.2 Å². The molecule has 3 N–H and O–H groups in total. The number of thiocarbonyl (C=S) groups is 1. The standard InChI is InChI=1S/C15H32N2S2/c16-13-11-9-7-5-3-1-2-4-6-8-10-12-14-17-15(18)19/h1-14,16H2,(H2,17,18,19). The third kappa shape index (κ3) is 18.2. The normalized spacial score (nSPS) is 10.6.